The molecule has 4 atom stereocenters. The molecule has 1 aliphatic carbocycles. The van der Waals surface area contributed by atoms with Crippen molar-refractivity contribution in [2.75, 3.05) is 32.8 Å². The van der Waals surface area contributed by atoms with Crippen LogP contribution in [0, 0.1) is 0 Å². The van der Waals surface area contributed by atoms with Gasteiger partial charge in [-0.2, -0.15) is 0 Å². The van der Waals surface area contributed by atoms with Gasteiger partial charge in [-0.1, -0.05) is 0 Å². The molecule has 4 unspecified atom stereocenters. The minimum absolute atomic E-state index is 0.257. The molecular weight excluding hydrogens is 238 g/mol. The monoisotopic (exact) mass is 265 g/mol. The Morgan fingerprint density at radius 3 is 2.95 bits per heavy atom. The van der Waals surface area contributed by atoms with Crippen molar-refractivity contribution in [1.29, 1.82) is 0 Å². The third kappa shape index (κ3) is 1.73. The van der Waals surface area contributed by atoms with E-state index >= 15 is 0 Å². The Morgan fingerprint density at radius 2 is 2.05 bits per heavy atom. The van der Waals surface area contributed by atoms with Gasteiger partial charge in [-0.25, -0.2) is 0 Å². The summed E-state index contributed by atoms with van der Waals surface area (Å²) in [5.41, 5.74) is 6.59. The number of hydrogen-bond donors (Lipinski definition) is 1. The molecule has 0 amide bonds. The van der Waals surface area contributed by atoms with Crippen molar-refractivity contribution in [3.8, 4) is 0 Å². The number of hydrogen-bond acceptors (Lipinski definition) is 4. The quantitative estimate of drug-likeness (QED) is 0.802. The van der Waals surface area contributed by atoms with Crippen LogP contribution in [0.1, 0.15) is 38.5 Å². The molecule has 4 aliphatic rings. The number of rotatable bonds is 2. The van der Waals surface area contributed by atoms with E-state index in [4.69, 9.17) is 10.5 Å². The van der Waals surface area contributed by atoms with Crippen LogP contribution in [0.15, 0.2) is 0 Å². The first-order chi connectivity index (χ1) is 9.35. The second kappa shape index (κ2) is 4.69. The molecule has 3 aliphatic heterocycles. The minimum Gasteiger partial charge on any atom is -0.375 e. The van der Waals surface area contributed by atoms with Crippen molar-refractivity contribution in [3.63, 3.8) is 0 Å². The van der Waals surface area contributed by atoms with E-state index in [-0.39, 0.29) is 5.54 Å². The molecule has 4 nitrogen and oxygen atoms in total. The Labute approximate surface area is 116 Å². The topological polar surface area (TPSA) is 41.7 Å². The molecule has 4 heteroatoms. The molecule has 3 saturated heterocycles. The van der Waals surface area contributed by atoms with E-state index in [0.717, 1.165) is 25.7 Å². The Bertz CT molecular complexity index is 350. The molecule has 19 heavy (non-hydrogen) atoms. The summed E-state index contributed by atoms with van der Waals surface area (Å²) in [6, 6.07) is 1.37. The molecule has 2 N–H and O–H groups in total. The number of ether oxygens (including phenoxy) is 1. The molecule has 108 valence electrons. The van der Waals surface area contributed by atoms with E-state index in [1.54, 1.807) is 0 Å². The summed E-state index contributed by atoms with van der Waals surface area (Å²) in [7, 11) is 0. The van der Waals surface area contributed by atoms with Gasteiger partial charge >= 0.3 is 0 Å². The van der Waals surface area contributed by atoms with E-state index in [9.17, 15) is 0 Å². The van der Waals surface area contributed by atoms with Gasteiger partial charge in [0.05, 0.1) is 18.2 Å². The highest BCUT2D eigenvalue weighted by Gasteiger charge is 2.55. The molecule has 4 rings (SSSR count). The SMILES string of the molecule is NCC1(N2CCOC3CCCC32)CCN2CCCC21. The highest BCUT2D eigenvalue weighted by atomic mass is 16.5. The lowest BCUT2D eigenvalue weighted by atomic mass is 9.84. The number of nitrogens with two attached hydrogens (primary N) is 1. The predicted molar refractivity (Wildman–Crippen MR) is 75.1 cm³/mol. The Kier molecular flexibility index (Phi) is 3.10. The minimum atomic E-state index is 0.257. The van der Waals surface area contributed by atoms with Gasteiger partial charge < -0.3 is 10.5 Å². The first-order valence-corrected chi connectivity index (χ1v) is 8.18. The van der Waals surface area contributed by atoms with Gasteiger partial charge in [0.1, 0.15) is 0 Å². The summed E-state index contributed by atoms with van der Waals surface area (Å²) in [6.07, 6.45) is 8.40. The first-order valence-electron chi connectivity index (χ1n) is 8.18. The molecular formula is C15H27N3O. The summed E-state index contributed by atoms with van der Waals surface area (Å²) < 4.78 is 6.00. The van der Waals surface area contributed by atoms with E-state index in [0.29, 0.717) is 12.1 Å². The third-order valence-electron chi connectivity index (χ3n) is 6.22. The highest BCUT2D eigenvalue weighted by molar-refractivity contribution is 5.12. The molecule has 0 radical (unpaired) electrons. The molecule has 4 fully saturated rings. The van der Waals surface area contributed by atoms with E-state index in [1.807, 2.05) is 0 Å². The van der Waals surface area contributed by atoms with Gasteiger partial charge in [0, 0.05) is 31.7 Å². The van der Waals surface area contributed by atoms with Crippen LogP contribution in [0.4, 0.5) is 0 Å². The van der Waals surface area contributed by atoms with Gasteiger partial charge in [0.15, 0.2) is 0 Å². The Hall–Kier alpha value is -0.160. The molecule has 0 spiro atoms. The van der Waals surface area contributed by atoms with Crippen LogP contribution >= 0.6 is 0 Å². The summed E-state index contributed by atoms with van der Waals surface area (Å²) in [5.74, 6) is 0. The van der Waals surface area contributed by atoms with Gasteiger partial charge in [0.25, 0.3) is 0 Å². The van der Waals surface area contributed by atoms with Gasteiger partial charge in [0.2, 0.25) is 0 Å². The summed E-state index contributed by atoms with van der Waals surface area (Å²) in [5, 5.41) is 0. The van der Waals surface area contributed by atoms with E-state index < -0.39 is 0 Å². The normalized spacial score (nSPS) is 47.5. The zero-order valence-corrected chi connectivity index (χ0v) is 11.9. The van der Waals surface area contributed by atoms with Crippen LogP contribution in [-0.2, 0) is 4.74 Å². The van der Waals surface area contributed by atoms with Crippen molar-refractivity contribution in [3.05, 3.63) is 0 Å². The molecule has 0 aromatic rings. The lowest BCUT2D eigenvalue weighted by Gasteiger charge is -2.51. The molecule has 0 aromatic carbocycles. The van der Waals surface area contributed by atoms with Crippen LogP contribution in [0.2, 0.25) is 0 Å². The van der Waals surface area contributed by atoms with Crippen molar-refractivity contribution >= 4 is 0 Å². The van der Waals surface area contributed by atoms with E-state index in [1.165, 1.54) is 51.6 Å². The van der Waals surface area contributed by atoms with Crippen LogP contribution in [0.3, 0.4) is 0 Å². The fourth-order valence-electron chi connectivity index (χ4n) is 5.38. The first kappa shape index (κ1) is 12.6. The molecule has 1 saturated carbocycles. The number of morpholine rings is 1. The van der Waals surface area contributed by atoms with Crippen molar-refractivity contribution in [1.82, 2.24) is 9.80 Å². The highest BCUT2D eigenvalue weighted by Crippen LogP contribution is 2.44. The Balaban J connectivity index is 1.64. The van der Waals surface area contributed by atoms with E-state index in [2.05, 4.69) is 9.80 Å². The van der Waals surface area contributed by atoms with Crippen LogP contribution in [-0.4, -0.2) is 66.3 Å². The smallest absolute Gasteiger partial charge is 0.0731 e. The average molecular weight is 265 g/mol. The van der Waals surface area contributed by atoms with Gasteiger partial charge in [-0.05, 0) is 45.1 Å². The Morgan fingerprint density at radius 1 is 1.11 bits per heavy atom. The van der Waals surface area contributed by atoms with Crippen molar-refractivity contribution in [2.45, 2.75) is 62.3 Å². The summed E-state index contributed by atoms with van der Waals surface area (Å²) in [6.45, 7) is 5.40. The standard InChI is InChI=1S/C15H27N3O/c16-11-15(6-8-17-7-2-5-14(15)17)18-9-10-19-13-4-1-3-12(13)18/h12-14H,1-11,16H2. The second-order valence-corrected chi connectivity index (χ2v) is 6.85. The van der Waals surface area contributed by atoms with Gasteiger partial charge in [-0.3, -0.25) is 9.80 Å². The van der Waals surface area contributed by atoms with Crippen LogP contribution in [0.25, 0.3) is 0 Å². The van der Waals surface area contributed by atoms with Gasteiger partial charge in [-0.15, -0.1) is 0 Å². The summed E-state index contributed by atoms with van der Waals surface area (Å²) >= 11 is 0. The maximum atomic E-state index is 6.33. The molecule has 0 bridgehead atoms. The van der Waals surface area contributed by atoms with Crippen molar-refractivity contribution in [2.24, 2.45) is 5.73 Å². The molecule has 0 aromatic heterocycles. The predicted octanol–water partition coefficient (Wildman–Crippen LogP) is 0.805. The van der Waals surface area contributed by atoms with Crippen LogP contribution in [0.5, 0.6) is 0 Å². The largest absolute Gasteiger partial charge is 0.375 e. The maximum Gasteiger partial charge on any atom is 0.0731 e. The average Bonchev–Trinajstić information content (AvgIpc) is 3.14. The zero-order chi connectivity index (χ0) is 12.9. The van der Waals surface area contributed by atoms with Crippen LogP contribution < -0.4 is 5.73 Å². The van der Waals surface area contributed by atoms with Crippen molar-refractivity contribution < 1.29 is 4.74 Å². The zero-order valence-electron chi connectivity index (χ0n) is 11.9. The maximum absolute atomic E-state index is 6.33. The summed E-state index contributed by atoms with van der Waals surface area (Å²) in [4.78, 5) is 5.50. The lowest BCUT2D eigenvalue weighted by molar-refractivity contribution is -0.103. The number of nitrogens with zero attached hydrogens (tertiary/aromatic N) is 2. The fraction of sp³-hybridized carbons (Fsp3) is 1.00. The lowest BCUT2D eigenvalue weighted by Crippen LogP contribution is -2.66. The fourth-order valence-corrected chi connectivity index (χ4v) is 5.38. The number of fused-ring (bicyclic) bond motifs is 2. The molecule has 3 heterocycles. The second-order valence-electron chi connectivity index (χ2n) is 6.85. The third-order valence-corrected chi connectivity index (χ3v) is 6.22.